The molecule has 2 atom stereocenters. The zero-order valence-corrected chi connectivity index (χ0v) is 17.5. The molecular weight excluding hydrogens is 362 g/mol. The van der Waals surface area contributed by atoms with Gasteiger partial charge in [-0.25, -0.2) is 8.42 Å². The van der Waals surface area contributed by atoms with E-state index >= 15 is 0 Å². The predicted molar refractivity (Wildman–Crippen MR) is 111 cm³/mol. The number of benzene rings is 1. The second kappa shape index (κ2) is 10.7. The van der Waals surface area contributed by atoms with Gasteiger partial charge in [0.2, 0.25) is 0 Å². The van der Waals surface area contributed by atoms with E-state index in [-0.39, 0.29) is 12.4 Å². The Balaban J connectivity index is 1.81. The monoisotopic (exact) mass is 395 g/mol. The van der Waals surface area contributed by atoms with Gasteiger partial charge in [-0.3, -0.25) is 4.99 Å². The third-order valence-electron chi connectivity index (χ3n) is 5.13. The summed E-state index contributed by atoms with van der Waals surface area (Å²) in [7, 11) is -1.16. The molecule has 1 aliphatic rings. The third-order valence-corrected chi connectivity index (χ3v) is 6.03. The maximum absolute atomic E-state index is 11.1. The number of guanidine groups is 1. The molecule has 0 aromatic heterocycles. The summed E-state index contributed by atoms with van der Waals surface area (Å²) < 4.78 is 27.6. The molecule has 0 bridgehead atoms. The van der Waals surface area contributed by atoms with Crippen LogP contribution in [-0.4, -0.2) is 71.2 Å². The summed E-state index contributed by atoms with van der Waals surface area (Å²) in [6.45, 7) is 5.54. The number of rotatable bonds is 8. The summed E-state index contributed by atoms with van der Waals surface area (Å²) in [5.74, 6) is 2.16. The second-order valence-electron chi connectivity index (χ2n) is 7.14. The Morgan fingerprint density at radius 1 is 1.30 bits per heavy atom. The van der Waals surface area contributed by atoms with E-state index in [1.54, 1.807) is 7.05 Å². The number of sulfone groups is 1. The first-order chi connectivity index (χ1) is 12.9. The van der Waals surface area contributed by atoms with E-state index in [1.807, 2.05) is 0 Å². The Hall–Kier alpha value is -1.60. The molecule has 152 valence electrons. The molecular formula is C20H33N3O3S. The highest BCUT2D eigenvalue weighted by Gasteiger charge is 2.30. The molecule has 0 radical (unpaired) electrons. The highest BCUT2D eigenvalue weighted by atomic mass is 32.2. The molecule has 1 aromatic rings. The van der Waals surface area contributed by atoms with E-state index in [9.17, 15) is 8.42 Å². The van der Waals surface area contributed by atoms with Gasteiger partial charge in [0.05, 0.1) is 19.0 Å². The summed E-state index contributed by atoms with van der Waals surface area (Å²) in [6.07, 6.45) is 3.48. The fraction of sp³-hybridized carbons (Fsp3) is 0.650. The SMILES string of the molecule is CCC1CN(C(=NC)NCCOCCS(C)(=O)=O)CCC1c1ccccc1. The van der Waals surface area contributed by atoms with Crippen LogP contribution in [0.5, 0.6) is 0 Å². The van der Waals surface area contributed by atoms with Crippen LogP contribution < -0.4 is 5.32 Å². The smallest absolute Gasteiger partial charge is 0.193 e. The minimum Gasteiger partial charge on any atom is -0.379 e. The molecule has 0 aliphatic carbocycles. The van der Waals surface area contributed by atoms with Crippen LogP contribution in [0, 0.1) is 5.92 Å². The van der Waals surface area contributed by atoms with Crippen LogP contribution in [0.4, 0.5) is 0 Å². The largest absolute Gasteiger partial charge is 0.379 e. The molecule has 1 aliphatic heterocycles. The van der Waals surface area contributed by atoms with Crippen LogP contribution in [0.1, 0.15) is 31.2 Å². The number of hydrogen-bond acceptors (Lipinski definition) is 4. The average Bonchev–Trinajstić information content (AvgIpc) is 2.67. The maximum Gasteiger partial charge on any atom is 0.193 e. The Kier molecular flexibility index (Phi) is 8.57. The molecule has 0 spiro atoms. The summed E-state index contributed by atoms with van der Waals surface area (Å²) in [5, 5.41) is 3.34. The van der Waals surface area contributed by atoms with Gasteiger partial charge in [-0.05, 0) is 23.8 Å². The molecule has 2 rings (SSSR count). The van der Waals surface area contributed by atoms with Crippen molar-refractivity contribution in [3.63, 3.8) is 0 Å². The number of hydrogen-bond donors (Lipinski definition) is 1. The molecule has 6 nitrogen and oxygen atoms in total. The fourth-order valence-electron chi connectivity index (χ4n) is 3.66. The first-order valence-corrected chi connectivity index (χ1v) is 11.8. The molecule has 0 amide bonds. The Bertz CT molecular complexity index is 692. The van der Waals surface area contributed by atoms with E-state index in [4.69, 9.17) is 4.74 Å². The normalized spacial score (nSPS) is 21.3. The molecule has 0 saturated carbocycles. The van der Waals surface area contributed by atoms with Crippen molar-refractivity contribution < 1.29 is 13.2 Å². The minimum absolute atomic E-state index is 0.0624. The van der Waals surface area contributed by atoms with Crippen molar-refractivity contribution in [2.75, 3.05) is 51.9 Å². The minimum atomic E-state index is -2.96. The van der Waals surface area contributed by atoms with Crippen molar-refractivity contribution in [1.82, 2.24) is 10.2 Å². The molecule has 2 unspecified atom stereocenters. The van der Waals surface area contributed by atoms with Crippen LogP contribution in [-0.2, 0) is 14.6 Å². The lowest BCUT2D eigenvalue weighted by molar-refractivity contribution is 0.152. The molecule has 1 fully saturated rings. The van der Waals surface area contributed by atoms with Crippen molar-refractivity contribution in [3.05, 3.63) is 35.9 Å². The Morgan fingerprint density at radius 2 is 2.04 bits per heavy atom. The first-order valence-electron chi connectivity index (χ1n) is 9.70. The Morgan fingerprint density at radius 3 is 2.67 bits per heavy atom. The van der Waals surface area contributed by atoms with Gasteiger partial charge in [0.1, 0.15) is 9.84 Å². The Labute approximate surface area is 163 Å². The summed E-state index contributed by atoms with van der Waals surface area (Å²) in [5.41, 5.74) is 1.44. The molecule has 1 aromatic carbocycles. The number of ether oxygens (including phenoxy) is 1. The lowest BCUT2D eigenvalue weighted by atomic mass is 9.79. The molecule has 1 heterocycles. The van der Waals surface area contributed by atoms with E-state index in [0.29, 0.717) is 25.0 Å². The van der Waals surface area contributed by atoms with Crippen molar-refractivity contribution in [3.8, 4) is 0 Å². The predicted octanol–water partition coefficient (Wildman–Crippen LogP) is 2.14. The van der Waals surface area contributed by atoms with Crippen molar-refractivity contribution in [1.29, 1.82) is 0 Å². The summed E-state index contributed by atoms with van der Waals surface area (Å²) >= 11 is 0. The number of likely N-dealkylation sites (tertiary alicyclic amines) is 1. The fourth-order valence-corrected chi connectivity index (χ4v) is 4.08. The number of nitrogens with zero attached hydrogens (tertiary/aromatic N) is 2. The number of aliphatic imine (C=N–C) groups is 1. The number of nitrogens with one attached hydrogen (secondary N) is 1. The van der Waals surface area contributed by atoms with E-state index in [2.05, 4.69) is 52.5 Å². The summed E-state index contributed by atoms with van der Waals surface area (Å²) in [6, 6.07) is 10.8. The topological polar surface area (TPSA) is 71.0 Å². The molecule has 27 heavy (non-hydrogen) atoms. The maximum atomic E-state index is 11.1. The zero-order valence-electron chi connectivity index (χ0n) is 16.7. The second-order valence-corrected chi connectivity index (χ2v) is 9.40. The van der Waals surface area contributed by atoms with Gasteiger partial charge in [0, 0.05) is 32.9 Å². The molecule has 7 heteroatoms. The van der Waals surface area contributed by atoms with Crippen LogP contribution in [0.15, 0.2) is 35.3 Å². The average molecular weight is 396 g/mol. The van der Waals surface area contributed by atoms with Gasteiger partial charge in [-0.2, -0.15) is 0 Å². The lowest BCUT2D eigenvalue weighted by Gasteiger charge is -2.40. The van der Waals surface area contributed by atoms with Crippen LogP contribution in [0.3, 0.4) is 0 Å². The van der Waals surface area contributed by atoms with E-state index in [1.165, 1.54) is 11.8 Å². The van der Waals surface area contributed by atoms with Gasteiger partial charge >= 0.3 is 0 Å². The highest BCUT2D eigenvalue weighted by Crippen LogP contribution is 2.34. The lowest BCUT2D eigenvalue weighted by Crippen LogP contribution is -2.49. The van der Waals surface area contributed by atoms with Gasteiger partial charge in [-0.15, -0.1) is 0 Å². The van der Waals surface area contributed by atoms with Gasteiger partial charge in [0.15, 0.2) is 5.96 Å². The number of piperidine rings is 1. The third kappa shape index (κ3) is 7.14. The first kappa shape index (κ1) is 21.7. The van der Waals surface area contributed by atoms with Gasteiger partial charge < -0.3 is 15.0 Å². The standard InChI is InChI=1S/C20H33N3O3S/c1-4-17-16-23(12-10-19(17)18-8-6-5-7-9-18)20(21-2)22-11-13-26-14-15-27(3,24)25/h5-9,17,19H,4,10-16H2,1-3H3,(H,21,22). The van der Waals surface area contributed by atoms with Gasteiger partial charge in [-0.1, -0.05) is 43.7 Å². The van der Waals surface area contributed by atoms with Crippen LogP contribution in [0.25, 0.3) is 0 Å². The van der Waals surface area contributed by atoms with E-state index in [0.717, 1.165) is 31.9 Å². The van der Waals surface area contributed by atoms with E-state index < -0.39 is 9.84 Å². The van der Waals surface area contributed by atoms with Crippen LogP contribution >= 0.6 is 0 Å². The van der Waals surface area contributed by atoms with Gasteiger partial charge in [0.25, 0.3) is 0 Å². The quantitative estimate of drug-likeness (QED) is 0.415. The van der Waals surface area contributed by atoms with Crippen molar-refractivity contribution in [2.24, 2.45) is 10.9 Å². The van der Waals surface area contributed by atoms with Crippen molar-refractivity contribution in [2.45, 2.75) is 25.7 Å². The zero-order chi connectivity index (χ0) is 19.7. The molecule has 1 saturated heterocycles. The summed E-state index contributed by atoms with van der Waals surface area (Å²) in [4.78, 5) is 6.74. The highest BCUT2D eigenvalue weighted by molar-refractivity contribution is 7.90. The van der Waals surface area contributed by atoms with Crippen LogP contribution in [0.2, 0.25) is 0 Å². The van der Waals surface area contributed by atoms with Crippen molar-refractivity contribution >= 4 is 15.8 Å². The molecule has 1 N–H and O–H groups in total.